The van der Waals surface area contributed by atoms with Gasteiger partial charge in [0.25, 0.3) is 5.88 Å². The van der Waals surface area contributed by atoms with Crippen LogP contribution in [0.15, 0.2) is 34.9 Å². The molecular weight excluding hydrogens is 204 g/mol. The van der Waals surface area contributed by atoms with Crippen molar-refractivity contribution in [3.8, 4) is 11.9 Å². The molecule has 0 aliphatic carbocycles. The summed E-state index contributed by atoms with van der Waals surface area (Å²) in [6, 6.07) is 11.7. The first kappa shape index (κ1) is 10.2. The third-order valence-corrected chi connectivity index (χ3v) is 2.16. The van der Waals surface area contributed by atoms with Gasteiger partial charge in [0.2, 0.25) is 0 Å². The van der Waals surface area contributed by atoms with Gasteiger partial charge < -0.3 is 9.26 Å². The van der Waals surface area contributed by atoms with Crippen molar-refractivity contribution in [3.63, 3.8) is 0 Å². The quantitative estimate of drug-likeness (QED) is 0.787. The maximum atomic E-state index is 8.86. The number of aryl methyl sites for hydroxylation is 1. The summed E-state index contributed by atoms with van der Waals surface area (Å²) in [6.45, 7) is 2.06. The van der Waals surface area contributed by atoms with Gasteiger partial charge in [0.05, 0.1) is 0 Å². The molecule has 2 aromatic rings. The number of benzene rings is 1. The molecule has 16 heavy (non-hydrogen) atoms. The number of nitrogens with zero attached hydrogens (tertiary/aromatic N) is 2. The van der Waals surface area contributed by atoms with Gasteiger partial charge in [-0.15, -0.1) is 0 Å². The lowest BCUT2D eigenvalue weighted by atomic mass is 10.2. The molecular formula is C12H10N2O2. The Morgan fingerprint density at radius 3 is 2.81 bits per heavy atom. The number of nitriles is 1. The summed E-state index contributed by atoms with van der Waals surface area (Å²) in [6.07, 6.45) is 0. The molecule has 1 aromatic carbocycles. The first-order valence-electron chi connectivity index (χ1n) is 4.84. The molecule has 80 valence electrons. The summed E-state index contributed by atoms with van der Waals surface area (Å²) in [5.41, 5.74) is 1.38. The second-order valence-corrected chi connectivity index (χ2v) is 3.30. The van der Waals surface area contributed by atoms with E-state index in [0.29, 0.717) is 17.9 Å². The predicted octanol–water partition coefficient (Wildman–Crippen LogP) is 2.43. The summed E-state index contributed by atoms with van der Waals surface area (Å²) >= 11 is 0. The zero-order valence-corrected chi connectivity index (χ0v) is 8.80. The van der Waals surface area contributed by atoms with Crippen LogP contribution < -0.4 is 4.74 Å². The standard InChI is InChI=1S/C12H10N2O2/c1-9-11(7-13)12(14-16-9)15-8-10-5-3-2-4-6-10/h2-6H,8H2,1H3. The van der Waals surface area contributed by atoms with Crippen LogP contribution in [0.25, 0.3) is 0 Å². The second-order valence-electron chi connectivity index (χ2n) is 3.30. The highest BCUT2D eigenvalue weighted by atomic mass is 16.5. The van der Waals surface area contributed by atoms with Gasteiger partial charge >= 0.3 is 0 Å². The summed E-state index contributed by atoms with van der Waals surface area (Å²) in [5.74, 6) is 0.731. The van der Waals surface area contributed by atoms with Crippen LogP contribution in [0.3, 0.4) is 0 Å². The van der Waals surface area contributed by atoms with Crippen LogP contribution >= 0.6 is 0 Å². The van der Waals surface area contributed by atoms with Gasteiger partial charge in [-0.1, -0.05) is 30.3 Å². The van der Waals surface area contributed by atoms with Gasteiger partial charge in [-0.05, 0) is 17.6 Å². The molecule has 0 N–H and O–H groups in total. The van der Waals surface area contributed by atoms with E-state index in [1.54, 1.807) is 6.92 Å². The van der Waals surface area contributed by atoms with Gasteiger partial charge in [0, 0.05) is 0 Å². The number of hydrogen-bond acceptors (Lipinski definition) is 4. The van der Waals surface area contributed by atoms with E-state index in [1.165, 1.54) is 0 Å². The molecule has 0 aliphatic rings. The Bertz CT molecular complexity index is 512. The Morgan fingerprint density at radius 2 is 2.12 bits per heavy atom. The van der Waals surface area contributed by atoms with E-state index in [4.69, 9.17) is 14.5 Å². The molecule has 0 amide bonds. The highest BCUT2D eigenvalue weighted by Crippen LogP contribution is 2.20. The van der Waals surface area contributed by atoms with Gasteiger partial charge in [0.15, 0.2) is 11.3 Å². The third kappa shape index (κ3) is 2.04. The minimum Gasteiger partial charge on any atom is -0.470 e. The zero-order valence-electron chi connectivity index (χ0n) is 8.80. The number of hydrogen-bond donors (Lipinski definition) is 0. The van der Waals surface area contributed by atoms with Gasteiger partial charge in [-0.25, -0.2) is 0 Å². The summed E-state index contributed by atoms with van der Waals surface area (Å²) < 4.78 is 10.3. The first-order chi connectivity index (χ1) is 7.81. The smallest absolute Gasteiger partial charge is 0.272 e. The SMILES string of the molecule is Cc1onc(OCc2ccccc2)c1C#N. The normalized spacial score (nSPS) is 9.75. The second kappa shape index (κ2) is 4.49. The fourth-order valence-electron chi connectivity index (χ4n) is 1.30. The Balaban J connectivity index is 2.09. The predicted molar refractivity (Wildman–Crippen MR) is 56.7 cm³/mol. The Kier molecular flexibility index (Phi) is 2.88. The van der Waals surface area contributed by atoms with Crippen LogP contribution in [0.5, 0.6) is 5.88 Å². The monoisotopic (exact) mass is 214 g/mol. The van der Waals surface area contributed by atoms with Gasteiger partial charge in [-0.2, -0.15) is 5.26 Å². The largest absolute Gasteiger partial charge is 0.470 e. The molecule has 0 saturated heterocycles. The molecule has 0 radical (unpaired) electrons. The molecule has 0 saturated carbocycles. The van der Waals surface area contributed by atoms with Crippen molar-refractivity contribution in [2.45, 2.75) is 13.5 Å². The number of ether oxygens (including phenoxy) is 1. The number of rotatable bonds is 3. The van der Waals surface area contributed by atoms with Crippen LogP contribution in [0, 0.1) is 18.3 Å². The molecule has 0 fully saturated rings. The molecule has 0 unspecified atom stereocenters. The van der Waals surface area contributed by atoms with Crippen LogP contribution in [0.2, 0.25) is 0 Å². The highest BCUT2D eigenvalue weighted by molar-refractivity contribution is 5.39. The lowest BCUT2D eigenvalue weighted by Gasteiger charge is -2.01. The van der Waals surface area contributed by atoms with Crippen molar-refractivity contribution < 1.29 is 9.26 Å². The summed E-state index contributed by atoms with van der Waals surface area (Å²) in [4.78, 5) is 0. The fraction of sp³-hybridized carbons (Fsp3) is 0.167. The van der Waals surface area contributed by atoms with Crippen molar-refractivity contribution in [1.29, 1.82) is 5.26 Å². The van der Waals surface area contributed by atoms with Crippen LogP contribution in [0.4, 0.5) is 0 Å². The molecule has 1 heterocycles. The zero-order chi connectivity index (χ0) is 11.4. The van der Waals surface area contributed by atoms with Gasteiger partial charge in [-0.3, -0.25) is 0 Å². The van der Waals surface area contributed by atoms with E-state index in [0.717, 1.165) is 5.56 Å². The van der Waals surface area contributed by atoms with Crippen molar-refractivity contribution in [2.75, 3.05) is 0 Å². The molecule has 0 aliphatic heterocycles. The van der Waals surface area contributed by atoms with Crippen LogP contribution in [0.1, 0.15) is 16.9 Å². The van der Waals surface area contributed by atoms with Crippen molar-refractivity contribution in [1.82, 2.24) is 5.16 Å². The summed E-state index contributed by atoms with van der Waals surface area (Å²) in [7, 11) is 0. The van der Waals surface area contributed by atoms with Crippen LogP contribution in [-0.4, -0.2) is 5.16 Å². The van der Waals surface area contributed by atoms with Crippen LogP contribution in [-0.2, 0) is 6.61 Å². The molecule has 0 bridgehead atoms. The van der Waals surface area contributed by atoms with E-state index >= 15 is 0 Å². The Morgan fingerprint density at radius 1 is 1.38 bits per heavy atom. The molecule has 1 aromatic heterocycles. The van der Waals surface area contributed by atoms with E-state index in [-0.39, 0.29) is 5.88 Å². The van der Waals surface area contributed by atoms with Gasteiger partial charge in [0.1, 0.15) is 12.7 Å². The first-order valence-corrected chi connectivity index (χ1v) is 4.84. The Labute approximate surface area is 93.1 Å². The van der Waals surface area contributed by atoms with E-state index in [1.807, 2.05) is 36.4 Å². The van der Waals surface area contributed by atoms with Crippen molar-refractivity contribution in [3.05, 3.63) is 47.2 Å². The molecule has 4 nitrogen and oxygen atoms in total. The Hall–Kier alpha value is -2.28. The summed E-state index contributed by atoms with van der Waals surface area (Å²) in [5, 5.41) is 12.5. The average molecular weight is 214 g/mol. The molecule has 2 rings (SSSR count). The molecule has 0 atom stereocenters. The molecule has 4 heteroatoms. The van der Waals surface area contributed by atoms with Crippen molar-refractivity contribution >= 4 is 0 Å². The average Bonchev–Trinajstić information content (AvgIpc) is 2.68. The lowest BCUT2D eigenvalue weighted by Crippen LogP contribution is -1.96. The molecule has 0 spiro atoms. The minimum absolute atomic E-state index is 0.254. The maximum absolute atomic E-state index is 8.86. The lowest BCUT2D eigenvalue weighted by molar-refractivity contribution is 0.267. The minimum atomic E-state index is 0.254. The highest BCUT2D eigenvalue weighted by Gasteiger charge is 2.13. The topological polar surface area (TPSA) is 59.1 Å². The van der Waals surface area contributed by atoms with E-state index in [9.17, 15) is 0 Å². The van der Waals surface area contributed by atoms with E-state index in [2.05, 4.69) is 5.16 Å². The van der Waals surface area contributed by atoms with Crippen molar-refractivity contribution in [2.24, 2.45) is 0 Å². The van der Waals surface area contributed by atoms with E-state index < -0.39 is 0 Å². The number of aromatic nitrogens is 1. The fourth-order valence-corrected chi connectivity index (χ4v) is 1.30. The third-order valence-electron chi connectivity index (χ3n) is 2.16. The maximum Gasteiger partial charge on any atom is 0.272 e.